The van der Waals surface area contributed by atoms with E-state index in [1.807, 2.05) is 17.6 Å². The summed E-state index contributed by atoms with van der Waals surface area (Å²) in [7, 11) is 0. The van der Waals surface area contributed by atoms with Gasteiger partial charge >= 0.3 is 0 Å². The van der Waals surface area contributed by atoms with Crippen LogP contribution in [-0.4, -0.2) is 34.3 Å². The van der Waals surface area contributed by atoms with Crippen molar-refractivity contribution in [2.24, 2.45) is 0 Å². The van der Waals surface area contributed by atoms with Crippen LogP contribution in [0.25, 0.3) is 5.52 Å². The second-order valence-corrected chi connectivity index (χ2v) is 6.64. The summed E-state index contributed by atoms with van der Waals surface area (Å²) in [6, 6.07) is 10.4. The third-order valence-corrected chi connectivity index (χ3v) is 4.63. The standard InChI is InChI=1S/C17H17BrN4O/c1-12-10-15-17(19-6-7-22(15)20-12)21-8-9-23-16(11-21)13-2-4-14(18)5-3-13/h2-7,10,16H,8-9,11H2,1H3. The Hall–Kier alpha value is -1.92. The van der Waals surface area contributed by atoms with Crippen LogP contribution >= 0.6 is 15.9 Å². The van der Waals surface area contributed by atoms with Crippen molar-refractivity contribution in [2.75, 3.05) is 24.6 Å². The second-order valence-electron chi connectivity index (χ2n) is 5.72. The van der Waals surface area contributed by atoms with Gasteiger partial charge in [0.15, 0.2) is 5.82 Å². The van der Waals surface area contributed by atoms with Gasteiger partial charge < -0.3 is 9.64 Å². The van der Waals surface area contributed by atoms with E-state index >= 15 is 0 Å². The van der Waals surface area contributed by atoms with Crippen molar-refractivity contribution >= 4 is 27.3 Å². The number of ether oxygens (including phenoxy) is 1. The van der Waals surface area contributed by atoms with Gasteiger partial charge in [-0.2, -0.15) is 5.10 Å². The van der Waals surface area contributed by atoms with Crippen LogP contribution in [0.3, 0.4) is 0 Å². The molecule has 0 spiro atoms. The normalized spacial score (nSPS) is 18.5. The molecule has 1 aromatic carbocycles. The maximum absolute atomic E-state index is 5.97. The van der Waals surface area contributed by atoms with Crippen LogP contribution in [0, 0.1) is 6.92 Å². The fraction of sp³-hybridized carbons (Fsp3) is 0.294. The van der Waals surface area contributed by atoms with E-state index in [4.69, 9.17) is 4.74 Å². The molecule has 0 N–H and O–H groups in total. The first kappa shape index (κ1) is 14.7. The molecule has 1 unspecified atom stereocenters. The molecule has 118 valence electrons. The average molecular weight is 373 g/mol. The lowest BCUT2D eigenvalue weighted by atomic mass is 10.1. The van der Waals surface area contributed by atoms with Crippen molar-refractivity contribution in [2.45, 2.75) is 13.0 Å². The Morgan fingerprint density at radius 3 is 2.91 bits per heavy atom. The smallest absolute Gasteiger partial charge is 0.154 e. The van der Waals surface area contributed by atoms with Gasteiger partial charge in [-0.3, -0.25) is 0 Å². The molecule has 6 heteroatoms. The lowest BCUT2D eigenvalue weighted by Crippen LogP contribution is -2.39. The topological polar surface area (TPSA) is 42.7 Å². The molecule has 1 fully saturated rings. The molecule has 3 heterocycles. The number of fused-ring (bicyclic) bond motifs is 1. The van der Waals surface area contributed by atoms with Crippen LogP contribution in [-0.2, 0) is 4.74 Å². The molecule has 1 saturated heterocycles. The highest BCUT2D eigenvalue weighted by molar-refractivity contribution is 9.10. The molecule has 4 rings (SSSR count). The van der Waals surface area contributed by atoms with E-state index in [2.05, 4.69) is 61.2 Å². The van der Waals surface area contributed by atoms with Gasteiger partial charge in [0.2, 0.25) is 0 Å². The molecule has 5 nitrogen and oxygen atoms in total. The molecule has 23 heavy (non-hydrogen) atoms. The number of hydrogen-bond donors (Lipinski definition) is 0. The summed E-state index contributed by atoms with van der Waals surface area (Å²) in [6.45, 7) is 4.32. The predicted molar refractivity (Wildman–Crippen MR) is 92.8 cm³/mol. The lowest BCUT2D eigenvalue weighted by Gasteiger charge is -2.34. The quantitative estimate of drug-likeness (QED) is 0.691. The Morgan fingerprint density at radius 2 is 2.09 bits per heavy atom. The molecule has 0 bridgehead atoms. The zero-order chi connectivity index (χ0) is 15.8. The molecule has 2 aromatic heterocycles. The molecule has 0 amide bonds. The van der Waals surface area contributed by atoms with Crippen LogP contribution < -0.4 is 4.90 Å². The highest BCUT2D eigenvalue weighted by Crippen LogP contribution is 2.28. The first-order valence-electron chi connectivity index (χ1n) is 7.64. The summed E-state index contributed by atoms with van der Waals surface area (Å²) in [5.41, 5.74) is 3.23. The predicted octanol–water partition coefficient (Wildman–Crippen LogP) is 3.38. The van der Waals surface area contributed by atoms with Crippen molar-refractivity contribution in [1.29, 1.82) is 0 Å². The van der Waals surface area contributed by atoms with Gasteiger partial charge in [-0.25, -0.2) is 9.50 Å². The first-order chi connectivity index (χ1) is 11.2. The number of morpholine rings is 1. The number of aryl methyl sites for hydroxylation is 1. The van der Waals surface area contributed by atoms with E-state index in [1.165, 1.54) is 5.56 Å². The van der Waals surface area contributed by atoms with Crippen LogP contribution in [0.15, 0.2) is 47.2 Å². The van der Waals surface area contributed by atoms with E-state index in [9.17, 15) is 0 Å². The van der Waals surface area contributed by atoms with Gasteiger partial charge in [0.05, 0.1) is 12.3 Å². The number of rotatable bonds is 2. The van der Waals surface area contributed by atoms with Crippen molar-refractivity contribution in [1.82, 2.24) is 14.6 Å². The number of hydrogen-bond acceptors (Lipinski definition) is 4. The van der Waals surface area contributed by atoms with E-state index in [0.29, 0.717) is 6.61 Å². The van der Waals surface area contributed by atoms with Gasteiger partial charge in [0.1, 0.15) is 11.6 Å². The Labute approximate surface area is 143 Å². The van der Waals surface area contributed by atoms with Gasteiger partial charge in [-0.1, -0.05) is 28.1 Å². The number of halogens is 1. The maximum Gasteiger partial charge on any atom is 0.154 e. The highest BCUT2D eigenvalue weighted by Gasteiger charge is 2.24. The third kappa shape index (κ3) is 2.84. The van der Waals surface area contributed by atoms with E-state index in [-0.39, 0.29) is 6.10 Å². The Kier molecular flexibility index (Phi) is 3.79. The fourth-order valence-corrected chi connectivity index (χ4v) is 3.26. The van der Waals surface area contributed by atoms with E-state index in [0.717, 1.165) is 34.6 Å². The summed E-state index contributed by atoms with van der Waals surface area (Å²) in [5, 5.41) is 4.47. The lowest BCUT2D eigenvalue weighted by molar-refractivity contribution is 0.0396. The minimum Gasteiger partial charge on any atom is -0.370 e. The van der Waals surface area contributed by atoms with Crippen LogP contribution in [0.1, 0.15) is 17.4 Å². The van der Waals surface area contributed by atoms with E-state index < -0.39 is 0 Å². The van der Waals surface area contributed by atoms with Crippen molar-refractivity contribution in [3.05, 3.63) is 58.5 Å². The molecule has 1 aliphatic heterocycles. The zero-order valence-electron chi connectivity index (χ0n) is 12.8. The summed E-state index contributed by atoms with van der Waals surface area (Å²) in [6.07, 6.45) is 3.75. The summed E-state index contributed by atoms with van der Waals surface area (Å²) in [5.74, 6) is 0.971. The highest BCUT2D eigenvalue weighted by atomic mass is 79.9. The molecular weight excluding hydrogens is 356 g/mol. The minimum absolute atomic E-state index is 0.0583. The van der Waals surface area contributed by atoms with Gasteiger partial charge in [-0.15, -0.1) is 0 Å². The fourth-order valence-electron chi connectivity index (χ4n) is 2.99. The van der Waals surface area contributed by atoms with Crippen molar-refractivity contribution in [3.63, 3.8) is 0 Å². The van der Waals surface area contributed by atoms with Crippen molar-refractivity contribution < 1.29 is 4.74 Å². The third-order valence-electron chi connectivity index (χ3n) is 4.10. The number of benzene rings is 1. The monoisotopic (exact) mass is 372 g/mol. The minimum atomic E-state index is 0.0583. The number of nitrogens with zero attached hydrogens (tertiary/aromatic N) is 4. The SMILES string of the molecule is Cc1cc2c(N3CCOC(c4ccc(Br)cc4)C3)nccn2n1. The van der Waals surface area contributed by atoms with Gasteiger partial charge in [0, 0.05) is 30.0 Å². The Bertz CT molecular complexity index is 830. The molecule has 0 radical (unpaired) electrons. The number of anilines is 1. The first-order valence-corrected chi connectivity index (χ1v) is 8.43. The summed E-state index contributed by atoms with van der Waals surface area (Å²) >= 11 is 3.48. The molecular formula is C17H17BrN4O. The zero-order valence-corrected chi connectivity index (χ0v) is 14.4. The van der Waals surface area contributed by atoms with E-state index in [1.54, 1.807) is 6.20 Å². The molecule has 1 atom stereocenters. The Morgan fingerprint density at radius 1 is 1.26 bits per heavy atom. The van der Waals surface area contributed by atoms with Gasteiger partial charge in [0.25, 0.3) is 0 Å². The van der Waals surface area contributed by atoms with Crippen LogP contribution in [0.5, 0.6) is 0 Å². The summed E-state index contributed by atoms with van der Waals surface area (Å²) in [4.78, 5) is 6.87. The maximum atomic E-state index is 5.97. The van der Waals surface area contributed by atoms with Crippen LogP contribution in [0.4, 0.5) is 5.82 Å². The molecule has 1 aliphatic rings. The largest absolute Gasteiger partial charge is 0.370 e. The van der Waals surface area contributed by atoms with Crippen LogP contribution in [0.2, 0.25) is 0 Å². The second kappa shape index (κ2) is 5.94. The van der Waals surface area contributed by atoms with Gasteiger partial charge in [-0.05, 0) is 30.7 Å². The molecule has 0 saturated carbocycles. The average Bonchev–Trinajstić information content (AvgIpc) is 2.95. The number of aromatic nitrogens is 3. The van der Waals surface area contributed by atoms with Crippen molar-refractivity contribution in [3.8, 4) is 0 Å². The molecule has 3 aromatic rings. The summed E-state index contributed by atoms with van der Waals surface area (Å²) < 4.78 is 8.94. The molecule has 0 aliphatic carbocycles. The Balaban J connectivity index is 1.65.